The van der Waals surface area contributed by atoms with Crippen molar-refractivity contribution in [2.24, 2.45) is 0 Å². The van der Waals surface area contributed by atoms with Gasteiger partial charge in [0.15, 0.2) is 0 Å². The summed E-state index contributed by atoms with van der Waals surface area (Å²) in [7, 11) is 0. The van der Waals surface area contributed by atoms with Crippen molar-refractivity contribution in [3.8, 4) is 11.5 Å². The lowest BCUT2D eigenvalue weighted by molar-refractivity contribution is -0.138. The Morgan fingerprint density at radius 2 is 1.48 bits per heavy atom. The molecule has 31 heavy (non-hydrogen) atoms. The minimum Gasteiger partial charge on any atom is -0.494 e. The summed E-state index contributed by atoms with van der Waals surface area (Å²) in [6, 6.07) is 14.4. The Kier molecular flexibility index (Phi) is 7.00. The quantitative estimate of drug-likeness (QED) is 0.585. The number of rotatable bonds is 9. The van der Waals surface area contributed by atoms with Crippen LogP contribution in [-0.4, -0.2) is 35.5 Å². The minimum absolute atomic E-state index is 0.0750. The van der Waals surface area contributed by atoms with Gasteiger partial charge in [0.1, 0.15) is 17.2 Å². The number of nitrogens with zero attached hydrogens (tertiary/aromatic N) is 1. The average molecular weight is 423 g/mol. The van der Waals surface area contributed by atoms with Gasteiger partial charge in [0.25, 0.3) is 11.8 Å². The third-order valence-corrected chi connectivity index (χ3v) is 4.74. The van der Waals surface area contributed by atoms with Crippen molar-refractivity contribution in [1.29, 1.82) is 0 Å². The van der Waals surface area contributed by atoms with Gasteiger partial charge in [0.2, 0.25) is 0 Å². The van der Waals surface area contributed by atoms with E-state index in [0.717, 1.165) is 17.9 Å². The molecule has 2 aromatic rings. The van der Waals surface area contributed by atoms with Gasteiger partial charge in [-0.25, -0.2) is 0 Å². The summed E-state index contributed by atoms with van der Waals surface area (Å²) in [6.45, 7) is 10.3. The molecule has 0 saturated heterocycles. The monoisotopic (exact) mass is 422 g/mol. The number of hydrogen-bond donors (Lipinski definition) is 1. The van der Waals surface area contributed by atoms with Crippen LogP contribution in [0.25, 0.3) is 5.57 Å². The lowest BCUT2D eigenvalue weighted by Crippen LogP contribution is -2.38. The van der Waals surface area contributed by atoms with Crippen molar-refractivity contribution in [3.63, 3.8) is 0 Å². The number of imide groups is 1. The van der Waals surface area contributed by atoms with E-state index in [-0.39, 0.29) is 29.7 Å². The van der Waals surface area contributed by atoms with Crippen LogP contribution in [0.15, 0.2) is 54.2 Å². The highest BCUT2D eigenvalue weighted by Crippen LogP contribution is 2.32. The molecule has 0 bridgehead atoms. The van der Waals surface area contributed by atoms with Crippen LogP contribution >= 0.6 is 0 Å². The molecule has 0 aromatic heterocycles. The van der Waals surface area contributed by atoms with E-state index < -0.39 is 0 Å². The van der Waals surface area contributed by atoms with Crippen molar-refractivity contribution in [1.82, 2.24) is 4.90 Å². The number of ether oxygens (including phenoxy) is 2. The topological polar surface area (TPSA) is 67.9 Å². The molecule has 2 aromatic carbocycles. The molecule has 0 aliphatic carbocycles. The fourth-order valence-corrected chi connectivity index (χ4v) is 3.37. The first-order valence-electron chi connectivity index (χ1n) is 10.7. The van der Waals surface area contributed by atoms with Gasteiger partial charge < -0.3 is 14.8 Å². The van der Waals surface area contributed by atoms with Crippen LogP contribution in [-0.2, 0) is 9.59 Å². The predicted molar refractivity (Wildman–Crippen MR) is 122 cm³/mol. The first kappa shape index (κ1) is 22.4. The van der Waals surface area contributed by atoms with Crippen molar-refractivity contribution in [3.05, 3.63) is 59.8 Å². The van der Waals surface area contributed by atoms with E-state index in [1.807, 2.05) is 83.1 Å². The molecule has 0 fully saturated rings. The van der Waals surface area contributed by atoms with Gasteiger partial charge in [0, 0.05) is 11.7 Å². The maximum Gasteiger partial charge on any atom is 0.278 e. The summed E-state index contributed by atoms with van der Waals surface area (Å²) in [5, 5.41) is 3.16. The molecule has 6 heteroatoms. The van der Waals surface area contributed by atoms with Gasteiger partial charge in [0.05, 0.1) is 18.3 Å². The third-order valence-electron chi connectivity index (χ3n) is 4.74. The van der Waals surface area contributed by atoms with E-state index >= 15 is 0 Å². The van der Waals surface area contributed by atoms with Gasteiger partial charge in [-0.1, -0.05) is 19.1 Å². The van der Waals surface area contributed by atoms with Crippen molar-refractivity contribution < 1.29 is 19.1 Å². The molecule has 0 atom stereocenters. The molecule has 0 saturated carbocycles. The highest BCUT2D eigenvalue weighted by atomic mass is 16.5. The second kappa shape index (κ2) is 9.69. The van der Waals surface area contributed by atoms with Crippen LogP contribution in [0.1, 0.15) is 46.6 Å². The summed E-state index contributed by atoms with van der Waals surface area (Å²) in [6.07, 6.45) is 0.990. The first-order chi connectivity index (χ1) is 14.8. The predicted octanol–water partition coefficient (Wildman–Crippen LogP) is 4.86. The average Bonchev–Trinajstić information content (AvgIpc) is 2.97. The number of anilines is 1. The maximum atomic E-state index is 13.1. The molecule has 1 heterocycles. The smallest absolute Gasteiger partial charge is 0.278 e. The van der Waals surface area contributed by atoms with Gasteiger partial charge in [-0.2, -0.15) is 0 Å². The molecule has 3 rings (SSSR count). The number of nitrogens with one attached hydrogen (secondary N) is 1. The number of amides is 2. The number of benzene rings is 2. The van der Waals surface area contributed by atoms with Crippen LogP contribution in [0.5, 0.6) is 11.5 Å². The zero-order valence-corrected chi connectivity index (χ0v) is 18.8. The second-order valence-electron chi connectivity index (χ2n) is 8.01. The Morgan fingerprint density at radius 1 is 0.871 bits per heavy atom. The van der Waals surface area contributed by atoms with Crippen LogP contribution in [0, 0.1) is 0 Å². The molecule has 6 nitrogen and oxygen atoms in total. The molecule has 164 valence electrons. The Labute approximate surface area is 183 Å². The lowest BCUT2D eigenvalue weighted by atomic mass is 10.0. The summed E-state index contributed by atoms with van der Waals surface area (Å²) >= 11 is 0. The van der Waals surface area contributed by atoms with Gasteiger partial charge in [-0.05, 0) is 76.1 Å². The second-order valence-corrected chi connectivity index (χ2v) is 8.01. The molecule has 0 radical (unpaired) electrons. The van der Waals surface area contributed by atoms with Crippen LogP contribution in [0.2, 0.25) is 0 Å². The van der Waals surface area contributed by atoms with E-state index in [0.29, 0.717) is 23.4 Å². The van der Waals surface area contributed by atoms with Gasteiger partial charge in [-0.3, -0.25) is 14.5 Å². The maximum absolute atomic E-state index is 13.1. The van der Waals surface area contributed by atoms with Gasteiger partial charge >= 0.3 is 0 Å². The number of carbonyl (C=O) groups excluding carboxylic acids is 2. The van der Waals surface area contributed by atoms with Crippen LogP contribution in [0.3, 0.4) is 0 Å². The molecule has 1 aliphatic rings. The van der Waals surface area contributed by atoms with E-state index in [4.69, 9.17) is 9.47 Å². The minimum atomic E-state index is -0.330. The summed E-state index contributed by atoms with van der Waals surface area (Å²) in [5.41, 5.74) is 2.02. The van der Waals surface area contributed by atoms with Crippen molar-refractivity contribution in [2.45, 2.75) is 53.2 Å². The highest BCUT2D eigenvalue weighted by Gasteiger charge is 2.40. The normalized spacial score (nSPS) is 14.1. The Balaban J connectivity index is 1.94. The molecule has 0 spiro atoms. The molecular formula is C25H30N2O4. The molecule has 0 unspecified atom stereocenters. The van der Waals surface area contributed by atoms with Crippen molar-refractivity contribution >= 4 is 23.1 Å². The van der Waals surface area contributed by atoms with E-state index in [9.17, 15) is 9.59 Å². The van der Waals surface area contributed by atoms with Gasteiger partial charge in [-0.15, -0.1) is 0 Å². The fourth-order valence-electron chi connectivity index (χ4n) is 3.37. The third kappa shape index (κ3) is 5.08. The summed E-state index contributed by atoms with van der Waals surface area (Å²) in [4.78, 5) is 27.5. The largest absolute Gasteiger partial charge is 0.494 e. The highest BCUT2D eigenvalue weighted by molar-refractivity contribution is 6.36. The zero-order valence-electron chi connectivity index (χ0n) is 18.8. The van der Waals surface area contributed by atoms with E-state index in [2.05, 4.69) is 5.32 Å². The molecule has 2 amide bonds. The molecule has 1 aliphatic heterocycles. The Morgan fingerprint density at radius 3 is 2.03 bits per heavy atom. The molecule has 1 N–H and O–H groups in total. The van der Waals surface area contributed by atoms with E-state index in [1.54, 1.807) is 0 Å². The zero-order chi connectivity index (χ0) is 22.5. The Hall–Kier alpha value is -3.28. The first-order valence-corrected chi connectivity index (χ1v) is 10.7. The lowest BCUT2D eigenvalue weighted by Gasteiger charge is -2.19. The van der Waals surface area contributed by atoms with Crippen molar-refractivity contribution in [2.75, 3.05) is 11.9 Å². The number of carbonyl (C=O) groups is 2. The van der Waals surface area contributed by atoms with Crippen LogP contribution in [0.4, 0.5) is 5.69 Å². The summed E-state index contributed by atoms with van der Waals surface area (Å²) in [5.74, 6) is 0.849. The Bertz CT molecular complexity index is 960. The molecular weight excluding hydrogens is 392 g/mol. The summed E-state index contributed by atoms with van der Waals surface area (Å²) < 4.78 is 11.3. The van der Waals surface area contributed by atoms with E-state index in [1.165, 1.54) is 4.90 Å². The van der Waals surface area contributed by atoms with Crippen LogP contribution < -0.4 is 14.8 Å². The SMILES string of the molecule is CCCOc1ccc(C2=C(Nc3ccc(OC(C)C)cc3)C(=O)N(C(C)C)C2=O)cc1. The number of hydrogen-bond acceptors (Lipinski definition) is 5. The fraction of sp³-hybridized carbons (Fsp3) is 0.360. The standard InChI is InChI=1S/C25H30N2O4/c1-6-15-30-20-11-7-18(8-12-20)22-23(25(29)27(16(2)3)24(22)28)26-19-9-13-21(14-10-19)31-17(4)5/h7-14,16-17,26H,6,15H2,1-5H3.